The van der Waals surface area contributed by atoms with Gasteiger partial charge in [0, 0.05) is 25.7 Å². The smallest absolute Gasteiger partial charge is 0.384 e. The number of nitrogen functional groups attached to an aromatic ring is 1. The van der Waals surface area contributed by atoms with E-state index in [9.17, 15) is 13.2 Å². The van der Waals surface area contributed by atoms with Crippen LogP contribution in [-0.4, -0.2) is 53.8 Å². The van der Waals surface area contributed by atoms with Crippen LogP contribution >= 0.6 is 0 Å². The Morgan fingerprint density at radius 3 is 2.90 bits per heavy atom. The average molecular weight is 305 g/mol. The second-order valence-electron chi connectivity index (χ2n) is 4.77. The molecule has 2 rings (SSSR count). The molecule has 1 aliphatic rings. The van der Waals surface area contributed by atoms with E-state index < -0.39 is 12.0 Å². The van der Waals surface area contributed by atoms with Gasteiger partial charge in [-0.25, -0.2) is 9.97 Å². The van der Waals surface area contributed by atoms with Crippen LogP contribution in [0.5, 0.6) is 0 Å². The van der Waals surface area contributed by atoms with Crippen molar-refractivity contribution in [3.63, 3.8) is 0 Å². The topological polar surface area (TPSA) is 76.3 Å². The molecule has 0 bridgehead atoms. The fourth-order valence-corrected chi connectivity index (χ4v) is 2.09. The van der Waals surface area contributed by atoms with Gasteiger partial charge in [0.15, 0.2) is 0 Å². The van der Waals surface area contributed by atoms with Gasteiger partial charge in [0.05, 0.1) is 12.7 Å². The molecule has 1 aromatic heterocycles. The molecule has 3 N–H and O–H groups in total. The predicted molar refractivity (Wildman–Crippen MR) is 71.8 cm³/mol. The summed E-state index contributed by atoms with van der Waals surface area (Å²) in [5, 5.41) is 2.83. The maximum Gasteiger partial charge on any atom is 0.451 e. The van der Waals surface area contributed by atoms with Crippen LogP contribution in [0.4, 0.5) is 24.8 Å². The molecule has 0 spiro atoms. The Bertz CT molecular complexity index is 482. The number of ether oxygens (including phenoxy) is 1. The van der Waals surface area contributed by atoms with Crippen LogP contribution in [0.1, 0.15) is 12.7 Å². The minimum atomic E-state index is -4.62. The van der Waals surface area contributed by atoms with E-state index in [0.29, 0.717) is 13.2 Å². The van der Waals surface area contributed by atoms with Crippen molar-refractivity contribution in [1.82, 2.24) is 14.9 Å². The molecule has 1 atom stereocenters. The van der Waals surface area contributed by atoms with E-state index in [-0.39, 0.29) is 17.7 Å². The molecule has 9 heteroatoms. The van der Waals surface area contributed by atoms with Gasteiger partial charge in [0.25, 0.3) is 0 Å². The Morgan fingerprint density at radius 1 is 1.48 bits per heavy atom. The molecule has 0 amide bonds. The van der Waals surface area contributed by atoms with E-state index in [1.54, 1.807) is 0 Å². The van der Waals surface area contributed by atoms with Crippen LogP contribution in [0.2, 0.25) is 0 Å². The predicted octanol–water partition coefficient (Wildman–Crippen LogP) is 1.21. The van der Waals surface area contributed by atoms with Crippen molar-refractivity contribution in [3.8, 4) is 0 Å². The Balaban J connectivity index is 1.98. The molecule has 0 aliphatic carbocycles. The van der Waals surface area contributed by atoms with Crippen LogP contribution < -0.4 is 11.1 Å². The van der Waals surface area contributed by atoms with Crippen LogP contribution in [0.15, 0.2) is 6.07 Å². The zero-order chi connectivity index (χ0) is 15.5. The summed E-state index contributed by atoms with van der Waals surface area (Å²) in [6, 6.07) is 1.27. The second kappa shape index (κ2) is 6.44. The zero-order valence-corrected chi connectivity index (χ0v) is 11.7. The zero-order valence-electron chi connectivity index (χ0n) is 11.7. The first-order chi connectivity index (χ1) is 9.88. The third-order valence-corrected chi connectivity index (χ3v) is 3.18. The quantitative estimate of drug-likeness (QED) is 0.871. The van der Waals surface area contributed by atoms with Crippen LogP contribution in [0.3, 0.4) is 0 Å². The number of nitrogens with zero attached hydrogens (tertiary/aromatic N) is 3. The number of hydrogen-bond acceptors (Lipinski definition) is 6. The summed E-state index contributed by atoms with van der Waals surface area (Å²) in [7, 11) is 0. The SMILES string of the molecule is CCN1CCOC(CNc2cc(N)nc(C(F)(F)F)n2)C1. The Morgan fingerprint density at radius 2 is 2.24 bits per heavy atom. The molecule has 2 heterocycles. The summed E-state index contributed by atoms with van der Waals surface area (Å²) in [6.07, 6.45) is -4.71. The number of alkyl halides is 3. The van der Waals surface area contributed by atoms with Gasteiger partial charge in [-0.15, -0.1) is 0 Å². The van der Waals surface area contributed by atoms with Gasteiger partial charge >= 0.3 is 6.18 Å². The van der Waals surface area contributed by atoms with Crippen molar-refractivity contribution in [2.75, 3.05) is 43.8 Å². The number of aromatic nitrogens is 2. The summed E-state index contributed by atoms with van der Waals surface area (Å²) in [5.74, 6) is -1.42. The monoisotopic (exact) mass is 305 g/mol. The highest BCUT2D eigenvalue weighted by Crippen LogP contribution is 2.27. The highest BCUT2D eigenvalue weighted by molar-refractivity contribution is 5.45. The van der Waals surface area contributed by atoms with Gasteiger partial charge in [-0.2, -0.15) is 13.2 Å². The van der Waals surface area contributed by atoms with Gasteiger partial charge < -0.3 is 15.8 Å². The number of halogens is 3. The molecule has 21 heavy (non-hydrogen) atoms. The van der Waals surface area contributed by atoms with E-state index in [1.807, 2.05) is 0 Å². The maximum absolute atomic E-state index is 12.6. The molecule has 0 aromatic carbocycles. The Hall–Kier alpha value is -1.61. The van der Waals surface area contributed by atoms with Crippen molar-refractivity contribution in [2.24, 2.45) is 0 Å². The van der Waals surface area contributed by atoms with Crippen molar-refractivity contribution < 1.29 is 17.9 Å². The average Bonchev–Trinajstić information content (AvgIpc) is 2.44. The molecular weight excluding hydrogens is 287 g/mol. The van der Waals surface area contributed by atoms with Gasteiger partial charge in [-0.05, 0) is 6.54 Å². The second-order valence-corrected chi connectivity index (χ2v) is 4.77. The third-order valence-electron chi connectivity index (χ3n) is 3.18. The Kier molecular flexibility index (Phi) is 4.84. The first-order valence-corrected chi connectivity index (χ1v) is 6.68. The molecule has 0 radical (unpaired) electrons. The molecule has 0 saturated carbocycles. The van der Waals surface area contributed by atoms with Gasteiger partial charge in [-0.1, -0.05) is 6.92 Å². The number of rotatable bonds is 4. The largest absolute Gasteiger partial charge is 0.451 e. The third kappa shape index (κ3) is 4.43. The lowest BCUT2D eigenvalue weighted by Gasteiger charge is -2.32. The van der Waals surface area contributed by atoms with E-state index in [4.69, 9.17) is 10.5 Å². The number of nitrogens with two attached hydrogens (primary N) is 1. The number of nitrogens with one attached hydrogen (secondary N) is 1. The number of anilines is 2. The van der Waals surface area contributed by atoms with E-state index >= 15 is 0 Å². The minimum absolute atomic E-state index is 0.0482. The molecule has 1 aliphatic heterocycles. The lowest BCUT2D eigenvalue weighted by Crippen LogP contribution is -2.45. The highest BCUT2D eigenvalue weighted by Gasteiger charge is 2.35. The molecule has 6 nitrogen and oxygen atoms in total. The van der Waals surface area contributed by atoms with Crippen LogP contribution in [0, 0.1) is 0 Å². The summed E-state index contributed by atoms with van der Waals surface area (Å²) in [5.41, 5.74) is 5.38. The number of hydrogen-bond donors (Lipinski definition) is 2. The van der Waals surface area contributed by atoms with Crippen LogP contribution in [0.25, 0.3) is 0 Å². The standard InChI is InChI=1S/C12H18F3N5O/c1-2-20-3-4-21-8(7-20)6-17-10-5-9(16)18-11(19-10)12(13,14)15/h5,8H,2-4,6-7H2,1H3,(H3,16,17,18,19). The molecule has 1 unspecified atom stereocenters. The fourth-order valence-electron chi connectivity index (χ4n) is 2.09. The summed E-state index contributed by atoms with van der Waals surface area (Å²) < 4.78 is 43.4. The normalized spacial score (nSPS) is 20.5. The van der Waals surface area contributed by atoms with Crippen molar-refractivity contribution >= 4 is 11.6 Å². The lowest BCUT2D eigenvalue weighted by molar-refractivity contribution is -0.144. The molecule has 1 aromatic rings. The lowest BCUT2D eigenvalue weighted by atomic mass is 10.2. The van der Waals surface area contributed by atoms with E-state index in [2.05, 4.69) is 27.1 Å². The first-order valence-electron chi connectivity index (χ1n) is 6.68. The summed E-state index contributed by atoms with van der Waals surface area (Å²) >= 11 is 0. The van der Waals surface area contributed by atoms with Crippen molar-refractivity contribution in [3.05, 3.63) is 11.9 Å². The number of morpholine rings is 1. The Labute approximate surface area is 120 Å². The van der Waals surface area contributed by atoms with Crippen molar-refractivity contribution in [1.29, 1.82) is 0 Å². The number of likely N-dealkylation sites (N-methyl/N-ethyl adjacent to an activating group) is 1. The first kappa shape index (κ1) is 15.8. The molecular formula is C12H18F3N5O. The molecule has 1 saturated heterocycles. The maximum atomic E-state index is 12.6. The molecule has 118 valence electrons. The van der Waals surface area contributed by atoms with Gasteiger partial charge in [0.2, 0.25) is 5.82 Å². The minimum Gasteiger partial charge on any atom is -0.384 e. The van der Waals surface area contributed by atoms with Gasteiger partial charge in [0.1, 0.15) is 11.6 Å². The van der Waals surface area contributed by atoms with Crippen LogP contribution in [-0.2, 0) is 10.9 Å². The highest BCUT2D eigenvalue weighted by atomic mass is 19.4. The molecule has 1 fully saturated rings. The van der Waals surface area contributed by atoms with E-state index in [1.165, 1.54) is 6.07 Å². The van der Waals surface area contributed by atoms with Gasteiger partial charge in [-0.3, -0.25) is 4.90 Å². The van der Waals surface area contributed by atoms with E-state index in [0.717, 1.165) is 19.6 Å². The summed E-state index contributed by atoms with van der Waals surface area (Å²) in [6.45, 7) is 5.54. The summed E-state index contributed by atoms with van der Waals surface area (Å²) in [4.78, 5) is 8.83. The fraction of sp³-hybridized carbons (Fsp3) is 0.667. The van der Waals surface area contributed by atoms with Crippen molar-refractivity contribution in [2.45, 2.75) is 19.2 Å².